The summed E-state index contributed by atoms with van der Waals surface area (Å²) in [6.07, 6.45) is -0.0261. The van der Waals surface area contributed by atoms with Crippen LogP contribution < -0.4 is 15.5 Å². The molecule has 26 heavy (non-hydrogen) atoms. The largest absolute Gasteiger partial charge is 0.489 e. The molecule has 0 aromatic heterocycles. The third-order valence-electron chi connectivity index (χ3n) is 3.44. The highest BCUT2D eigenvalue weighted by Crippen LogP contribution is 2.26. The first-order valence-electron chi connectivity index (χ1n) is 8.21. The predicted molar refractivity (Wildman–Crippen MR) is 101 cm³/mol. The van der Waals surface area contributed by atoms with Crippen molar-refractivity contribution in [1.29, 1.82) is 0 Å². The van der Waals surface area contributed by atoms with E-state index in [1.54, 1.807) is 12.1 Å². The fourth-order valence-electron chi connectivity index (χ4n) is 2.24. The van der Waals surface area contributed by atoms with Gasteiger partial charge in [-0.1, -0.05) is 41.9 Å². The van der Waals surface area contributed by atoms with Crippen LogP contribution in [-0.2, 0) is 6.54 Å². The van der Waals surface area contributed by atoms with Gasteiger partial charge in [0.2, 0.25) is 0 Å². The standard InChI is InChI=1S/C19H22ClN3O3/c1-13(2)26-17-10-9-15(11-16(17)20)18(24)22-23(19(25)21-3)12-14-7-5-4-6-8-14/h4-11,13H,12H2,1-3H3,(H,21,25)(H,22,24). The molecule has 0 atom stereocenters. The van der Waals surface area contributed by atoms with Crippen molar-refractivity contribution in [3.05, 3.63) is 64.7 Å². The average molecular weight is 376 g/mol. The summed E-state index contributed by atoms with van der Waals surface area (Å²) < 4.78 is 5.56. The maximum absolute atomic E-state index is 12.5. The van der Waals surface area contributed by atoms with Gasteiger partial charge in [0, 0.05) is 12.6 Å². The van der Waals surface area contributed by atoms with Gasteiger partial charge < -0.3 is 10.1 Å². The Bertz CT molecular complexity index is 766. The molecular formula is C19H22ClN3O3. The van der Waals surface area contributed by atoms with Gasteiger partial charge >= 0.3 is 6.03 Å². The monoisotopic (exact) mass is 375 g/mol. The lowest BCUT2D eigenvalue weighted by Gasteiger charge is -2.23. The zero-order chi connectivity index (χ0) is 19.1. The van der Waals surface area contributed by atoms with E-state index in [0.29, 0.717) is 16.3 Å². The maximum Gasteiger partial charge on any atom is 0.336 e. The zero-order valence-corrected chi connectivity index (χ0v) is 15.7. The minimum absolute atomic E-state index is 0.0261. The summed E-state index contributed by atoms with van der Waals surface area (Å²) in [7, 11) is 1.50. The number of carbonyl (C=O) groups excluding carboxylic acids is 2. The number of rotatable bonds is 5. The number of nitrogens with one attached hydrogen (secondary N) is 2. The molecule has 0 aliphatic heterocycles. The second-order valence-electron chi connectivity index (χ2n) is 5.88. The molecule has 0 heterocycles. The molecule has 0 aliphatic rings. The molecule has 138 valence electrons. The molecule has 2 rings (SSSR count). The van der Waals surface area contributed by atoms with E-state index in [1.807, 2.05) is 44.2 Å². The van der Waals surface area contributed by atoms with Crippen LogP contribution >= 0.6 is 11.6 Å². The van der Waals surface area contributed by atoms with Gasteiger partial charge in [-0.15, -0.1) is 0 Å². The Morgan fingerprint density at radius 1 is 1.15 bits per heavy atom. The predicted octanol–water partition coefficient (Wildman–Crippen LogP) is 3.61. The fraction of sp³-hybridized carbons (Fsp3) is 0.263. The summed E-state index contributed by atoms with van der Waals surface area (Å²) in [5.74, 6) is 0.0631. The first kappa shape index (κ1) is 19.6. The smallest absolute Gasteiger partial charge is 0.336 e. The molecule has 2 N–H and O–H groups in total. The minimum Gasteiger partial charge on any atom is -0.489 e. The van der Waals surface area contributed by atoms with Crippen molar-refractivity contribution in [3.63, 3.8) is 0 Å². The van der Waals surface area contributed by atoms with Crippen molar-refractivity contribution in [1.82, 2.24) is 15.8 Å². The van der Waals surface area contributed by atoms with Gasteiger partial charge in [-0.2, -0.15) is 0 Å². The lowest BCUT2D eigenvalue weighted by Crippen LogP contribution is -2.49. The van der Waals surface area contributed by atoms with E-state index in [4.69, 9.17) is 16.3 Å². The molecule has 0 fully saturated rings. The summed E-state index contributed by atoms with van der Waals surface area (Å²) in [6, 6.07) is 13.7. The lowest BCUT2D eigenvalue weighted by molar-refractivity contribution is 0.0819. The van der Waals surface area contributed by atoms with E-state index in [9.17, 15) is 9.59 Å². The maximum atomic E-state index is 12.5. The summed E-state index contributed by atoms with van der Waals surface area (Å²) >= 11 is 6.18. The van der Waals surface area contributed by atoms with Crippen molar-refractivity contribution in [3.8, 4) is 5.75 Å². The van der Waals surface area contributed by atoms with Crippen molar-refractivity contribution in [2.75, 3.05) is 7.05 Å². The first-order valence-corrected chi connectivity index (χ1v) is 8.59. The quantitative estimate of drug-likeness (QED) is 0.784. The number of nitrogens with zero attached hydrogens (tertiary/aromatic N) is 1. The van der Waals surface area contributed by atoms with Gasteiger partial charge in [0.25, 0.3) is 5.91 Å². The van der Waals surface area contributed by atoms with Crippen molar-refractivity contribution in [2.24, 2.45) is 0 Å². The normalized spacial score (nSPS) is 10.3. The highest BCUT2D eigenvalue weighted by Gasteiger charge is 2.17. The number of benzene rings is 2. The topological polar surface area (TPSA) is 70.7 Å². The number of hydrazine groups is 1. The van der Waals surface area contributed by atoms with Crippen LogP contribution in [0.4, 0.5) is 4.79 Å². The van der Waals surface area contributed by atoms with Crippen LogP contribution in [0.1, 0.15) is 29.8 Å². The molecule has 0 saturated heterocycles. The van der Waals surface area contributed by atoms with Gasteiger partial charge in [0.1, 0.15) is 5.75 Å². The molecule has 0 aliphatic carbocycles. The Hall–Kier alpha value is -2.73. The molecule has 6 nitrogen and oxygen atoms in total. The van der Waals surface area contributed by atoms with Crippen LogP contribution in [0.3, 0.4) is 0 Å². The summed E-state index contributed by atoms with van der Waals surface area (Å²) in [5.41, 5.74) is 3.81. The Labute approximate surface area is 158 Å². The second kappa shape index (κ2) is 9.10. The van der Waals surface area contributed by atoms with Crippen LogP contribution in [0.25, 0.3) is 0 Å². The first-order chi connectivity index (χ1) is 12.4. The number of hydrogen-bond donors (Lipinski definition) is 2. The average Bonchev–Trinajstić information content (AvgIpc) is 2.62. The van der Waals surface area contributed by atoms with E-state index in [1.165, 1.54) is 18.1 Å². The van der Waals surface area contributed by atoms with Gasteiger partial charge in [0.15, 0.2) is 0 Å². The van der Waals surface area contributed by atoms with Crippen molar-refractivity contribution < 1.29 is 14.3 Å². The SMILES string of the molecule is CNC(=O)N(Cc1ccccc1)NC(=O)c1ccc(OC(C)C)c(Cl)c1. The lowest BCUT2D eigenvalue weighted by atomic mass is 10.2. The Morgan fingerprint density at radius 3 is 2.42 bits per heavy atom. The van der Waals surface area contributed by atoms with Crippen LogP contribution in [0.5, 0.6) is 5.75 Å². The van der Waals surface area contributed by atoms with E-state index in [2.05, 4.69) is 10.7 Å². The number of halogens is 1. The van der Waals surface area contributed by atoms with Gasteiger partial charge in [-0.3, -0.25) is 10.2 Å². The Kier molecular flexibility index (Phi) is 6.86. The second-order valence-corrected chi connectivity index (χ2v) is 6.29. The Morgan fingerprint density at radius 2 is 1.85 bits per heavy atom. The molecule has 2 aromatic carbocycles. The molecule has 0 bridgehead atoms. The van der Waals surface area contributed by atoms with Crippen LogP contribution in [0.2, 0.25) is 5.02 Å². The van der Waals surface area contributed by atoms with Crippen LogP contribution in [0.15, 0.2) is 48.5 Å². The number of amides is 3. The van der Waals surface area contributed by atoms with Gasteiger partial charge in [-0.25, -0.2) is 9.80 Å². The molecular weight excluding hydrogens is 354 g/mol. The molecule has 0 radical (unpaired) electrons. The summed E-state index contributed by atoms with van der Waals surface area (Å²) in [6.45, 7) is 4.01. The molecule has 0 spiro atoms. The third kappa shape index (κ3) is 5.39. The van der Waals surface area contributed by atoms with E-state index in [0.717, 1.165) is 5.56 Å². The van der Waals surface area contributed by atoms with Gasteiger partial charge in [-0.05, 0) is 37.6 Å². The van der Waals surface area contributed by atoms with Gasteiger partial charge in [0.05, 0.1) is 17.7 Å². The zero-order valence-electron chi connectivity index (χ0n) is 15.0. The minimum atomic E-state index is -0.442. The number of hydrogen-bond acceptors (Lipinski definition) is 3. The molecule has 2 aromatic rings. The van der Waals surface area contributed by atoms with Crippen LogP contribution in [0, 0.1) is 0 Å². The molecule has 0 saturated carbocycles. The number of urea groups is 1. The Balaban J connectivity index is 2.13. The highest BCUT2D eigenvalue weighted by atomic mass is 35.5. The molecule has 7 heteroatoms. The highest BCUT2D eigenvalue weighted by molar-refractivity contribution is 6.32. The molecule has 0 unspecified atom stereocenters. The van der Waals surface area contributed by atoms with E-state index < -0.39 is 11.9 Å². The summed E-state index contributed by atoms with van der Waals surface area (Å²) in [5, 5.41) is 4.06. The number of carbonyl (C=O) groups is 2. The fourth-order valence-corrected chi connectivity index (χ4v) is 2.47. The van der Waals surface area contributed by atoms with Crippen molar-refractivity contribution >= 4 is 23.5 Å². The third-order valence-corrected chi connectivity index (χ3v) is 3.73. The van der Waals surface area contributed by atoms with E-state index >= 15 is 0 Å². The van der Waals surface area contributed by atoms with Crippen LogP contribution in [-0.4, -0.2) is 30.1 Å². The van der Waals surface area contributed by atoms with E-state index in [-0.39, 0.29) is 12.6 Å². The van der Waals surface area contributed by atoms with Crippen molar-refractivity contribution in [2.45, 2.75) is 26.5 Å². The summed E-state index contributed by atoms with van der Waals surface area (Å²) in [4.78, 5) is 24.6. The number of ether oxygens (including phenoxy) is 1. The molecule has 3 amide bonds.